The van der Waals surface area contributed by atoms with Crippen molar-refractivity contribution in [2.45, 2.75) is 45.4 Å². The SMILES string of the molecule is CCCNCc1ccc(CN2CCC(OC)CC2)c(Br)c1. The highest BCUT2D eigenvalue weighted by atomic mass is 79.9. The lowest BCUT2D eigenvalue weighted by Gasteiger charge is -2.31. The van der Waals surface area contributed by atoms with Crippen LogP contribution in [0.4, 0.5) is 0 Å². The normalized spacial score (nSPS) is 17.3. The highest BCUT2D eigenvalue weighted by molar-refractivity contribution is 9.10. The number of hydrogen-bond donors (Lipinski definition) is 1. The molecule has 1 aromatic carbocycles. The Morgan fingerprint density at radius 3 is 2.71 bits per heavy atom. The Balaban J connectivity index is 1.86. The molecular formula is C17H27BrN2O. The number of piperidine rings is 1. The van der Waals surface area contributed by atoms with Crippen LogP contribution in [0.2, 0.25) is 0 Å². The fraction of sp³-hybridized carbons (Fsp3) is 0.647. The van der Waals surface area contributed by atoms with Gasteiger partial charge in [-0.3, -0.25) is 4.90 Å². The van der Waals surface area contributed by atoms with Crippen molar-refractivity contribution >= 4 is 15.9 Å². The summed E-state index contributed by atoms with van der Waals surface area (Å²) in [6, 6.07) is 6.75. The summed E-state index contributed by atoms with van der Waals surface area (Å²) in [4.78, 5) is 2.52. The average molecular weight is 355 g/mol. The molecule has 1 saturated heterocycles. The molecule has 1 aliphatic heterocycles. The van der Waals surface area contributed by atoms with E-state index < -0.39 is 0 Å². The average Bonchev–Trinajstić information content (AvgIpc) is 2.51. The fourth-order valence-electron chi connectivity index (χ4n) is 2.78. The molecular weight excluding hydrogens is 328 g/mol. The minimum atomic E-state index is 0.455. The summed E-state index contributed by atoms with van der Waals surface area (Å²) in [6.07, 6.45) is 3.92. The van der Waals surface area contributed by atoms with Gasteiger partial charge in [0.2, 0.25) is 0 Å². The minimum Gasteiger partial charge on any atom is -0.381 e. The second-order valence-corrected chi connectivity index (χ2v) is 6.67. The molecule has 4 heteroatoms. The van der Waals surface area contributed by atoms with Gasteiger partial charge in [-0.25, -0.2) is 0 Å². The highest BCUT2D eigenvalue weighted by Gasteiger charge is 2.19. The lowest BCUT2D eigenvalue weighted by molar-refractivity contribution is 0.0388. The van der Waals surface area contributed by atoms with E-state index in [9.17, 15) is 0 Å². The second kappa shape index (κ2) is 8.89. The molecule has 1 aromatic rings. The van der Waals surface area contributed by atoms with Crippen LogP contribution in [0.5, 0.6) is 0 Å². The van der Waals surface area contributed by atoms with Gasteiger partial charge in [-0.1, -0.05) is 35.0 Å². The van der Waals surface area contributed by atoms with Crippen LogP contribution in [0.3, 0.4) is 0 Å². The first kappa shape index (κ1) is 16.9. The number of hydrogen-bond acceptors (Lipinski definition) is 3. The maximum Gasteiger partial charge on any atom is 0.0595 e. The fourth-order valence-corrected chi connectivity index (χ4v) is 3.33. The van der Waals surface area contributed by atoms with Crippen LogP contribution in [0.15, 0.2) is 22.7 Å². The van der Waals surface area contributed by atoms with Gasteiger partial charge in [0.05, 0.1) is 6.10 Å². The standard InChI is InChI=1S/C17H27BrN2O/c1-3-8-19-12-14-4-5-15(17(18)11-14)13-20-9-6-16(21-2)7-10-20/h4-5,11,16,19H,3,6-10,12-13H2,1-2H3. The summed E-state index contributed by atoms with van der Waals surface area (Å²) in [5, 5.41) is 3.45. The third kappa shape index (κ3) is 5.37. The van der Waals surface area contributed by atoms with Crippen LogP contribution < -0.4 is 5.32 Å². The van der Waals surface area contributed by atoms with E-state index in [4.69, 9.17) is 4.74 Å². The summed E-state index contributed by atoms with van der Waals surface area (Å²) in [5.41, 5.74) is 2.72. The van der Waals surface area contributed by atoms with E-state index in [-0.39, 0.29) is 0 Å². The largest absolute Gasteiger partial charge is 0.381 e. The van der Waals surface area contributed by atoms with Crippen molar-refractivity contribution < 1.29 is 4.74 Å². The van der Waals surface area contributed by atoms with E-state index in [1.54, 1.807) is 0 Å². The maximum atomic E-state index is 5.43. The molecule has 1 aliphatic rings. The van der Waals surface area contributed by atoms with Gasteiger partial charge in [-0.2, -0.15) is 0 Å². The summed E-state index contributed by atoms with van der Waals surface area (Å²) in [7, 11) is 1.82. The monoisotopic (exact) mass is 354 g/mol. The zero-order chi connectivity index (χ0) is 15.1. The highest BCUT2D eigenvalue weighted by Crippen LogP contribution is 2.22. The quantitative estimate of drug-likeness (QED) is 0.757. The molecule has 1 heterocycles. The maximum absolute atomic E-state index is 5.43. The summed E-state index contributed by atoms with van der Waals surface area (Å²) >= 11 is 3.73. The number of rotatable bonds is 7. The van der Waals surface area contributed by atoms with Crippen LogP contribution in [-0.4, -0.2) is 37.7 Å². The van der Waals surface area contributed by atoms with Gasteiger partial charge in [0.25, 0.3) is 0 Å². The number of benzene rings is 1. The van der Waals surface area contributed by atoms with Crippen molar-refractivity contribution in [3.05, 3.63) is 33.8 Å². The van der Waals surface area contributed by atoms with Crippen molar-refractivity contribution in [1.82, 2.24) is 10.2 Å². The molecule has 1 N–H and O–H groups in total. The first-order valence-corrected chi connectivity index (χ1v) is 8.75. The van der Waals surface area contributed by atoms with Gasteiger partial charge in [-0.15, -0.1) is 0 Å². The lowest BCUT2D eigenvalue weighted by atomic mass is 10.1. The van der Waals surface area contributed by atoms with Crippen molar-refractivity contribution in [3.8, 4) is 0 Å². The number of ether oxygens (including phenoxy) is 1. The number of halogens is 1. The van der Waals surface area contributed by atoms with Crippen LogP contribution in [0.25, 0.3) is 0 Å². The Labute approximate surface area is 137 Å². The van der Waals surface area contributed by atoms with E-state index in [2.05, 4.69) is 51.3 Å². The molecule has 0 radical (unpaired) electrons. The Morgan fingerprint density at radius 2 is 2.10 bits per heavy atom. The molecule has 3 nitrogen and oxygen atoms in total. The first-order valence-electron chi connectivity index (χ1n) is 7.96. The molecule has 0 unspecified atom stereocenters. The number of methoxy groups -OCH3 is 1. The summed E-state index contributed by atoms with van der Waals surface area (Å²) in [5.74, 6) is 0. The van der Waals surface area contributed by atoms with E-state index in [1.807, 2.05) is 7.11 Å². The smallest absolute Gasteiger partial charge is 0.0595 e. The minimum absolute atomic E-state index is 0.455. The van der Waals surface area contributed by atoms with Crippen LogP contribution in [0, 0.1) is 0 Å². The van der Waals surface area contributed by atoms with Crippen molar-refractivity contribution in [2.24, 2.45) is 0 Å². The van der Waals surface area contributed by atoms with E-state index >= 15 is 0 Å². The van der Waals surface area contributed by atoms with Gasteiger partial charge in [0, 0.05) is 37.8 Å². The molecule has 0 spiro atoms. The van der Waals surface area contributed by atoms with Crippen molar-refractivity contribution in [2.75, 3.05) is 26.7 Å². The molecule has 2 rings (SSSR count). The molecule has 0 atom stereocenters. The van der Waals surface area contributed by atoms with E-state index in [1.165, 1.54) is 22.0 Å². The van der Waals surface area contributed by atoms with E-state index in [0.29, 0.717) is 6.10 Å². The van der Waals surface area contributed by atoms with Gasteiger partial charge in [-0.05, 0) is 43.0 Å². The van der Waals surface area contributed by atoms with E-state index in [0.717, 1.165) is 45.6 Å². The molecule has 0 amide bonds. The molecule has 1 fully saturated rings. The summed E-state index contributed by atoms with van der Waals surface area (Å²) < 4.78 is 6.66. The zero-order valence-corrected chi connectivity index (χ0v) is 14.8. The van der Waals surface area contributed by atoms with Gasteiger partial charge < -0.3 is 10.1 Å². The van der Waals surface area contributed by atoms with Crippen molar-refractivity contribution in [1.29, 1.82) is 0 Å². The molecule has 0 aromatic heterocycles. The molecule has 0 aliphatic carbocycles. The molecule has 0 bridgehead atoms. The predicted octanol–water partition coefficient (Wildman–Crippen LogP) is 3.56. The van der Waals surface area contributed by atoms with Gasteiger partial charge in [0.1, 0.15) is 0 Å². The number of nitrogens with zero attached hydrogens (tertiary/aromatic N) is 1. The Bertz CT molecular complexity index is 431. The Morgan fingerprint density at radius 1 is 1.33 bits per heavy atom. The predicted molar refractivity (Wildman–Crippen MR) is 91.4 cm³/mol. The molecule has 21 heavy (non-hydrogen) atoms. The first-order chi connectivity index (χ1) is 10.2. The van der Waals surface area contributed by atoms with Crippen LogP contribution >= 0.6 is 15.9 Å². The number of nitrogens with one attached hydrogen (secondary N) is 1. The lowest BCUT2D eigenvalue weighted by Crippen LogP contribution is -2.36. The van der Waals surface area contributed by atoms with Crippen molar-refractivity contribution in [3.63, 3.8) is 0 Å². The molecule has 0 saturated carbocycles. The van der Waals surface area contributed by atoms with Crippen LogP contribution in [-0.2, 0) is 17.8 Å². The topological polar surface area (TPSA) is 24.5 Å². The van der Waals surface area contributed by atoms with Crippen LogP contribution in [0.1, 0.15) is 37.3 Å². The van der Waals surface area contributed by atoms with Gasteiger partial charge in [0.15, 0.2) is 0 Å². The zero-order valence-electron chi connectivity index (χ0n) is 13.2. The molecule has 118 valence electrons. The summed E-state index contributed by atoms with van der Waals surface area (Å²) in [6.45, 7) is 7.51. The van der Waals surface area contributed by atoms with Gasteiger partial charge >= 0.3 is 0 Å². The second-order valence-electron chi connectivity index (χ2n) is 5.81. The number of likely N-dealkylation sites (tertiary alicyclic amines) is 1. The third-order valence-electron chi connectivity index (χ3n) is 4.14. The Hall–Kier alpha value is -0.420. The third-order valence-corrected chi connectivity index (χ3v) is 4.87. The Kier molecular flexibility index (Phi) is 7.17.